The molecule has 1 aromatic heterocycles. The fourth-order valence-corrected chi connectivity index (χ4v) is 3.08. The molecule has 1 amide bonds. The van der Waals surface area contributed by atoms with Crippen LogP contribution in [-0.4, -0.2) is 60.3 Å². The highest BCUT2D eigenvalue weighted by Gasteiger charge is 2.19. The maximum Gasteiger partial charge on any atom is 0.231 e. The predicted octanol–water partition coefficient (Wildman–Crippen LogP) is 1.36. The molecule has 1 saturated heterocycles. The SMILES string of the molecule is O=C(CCN1CCN(c2ncccn2)CC1)Nc1ccc2c(c1)OCO2. The van der Waals surface area contributed by atoms with E-state index in [1.165, 1.54) is 0 Å². The van der Waals surface area contributed by atoms with Gasteiger partial charge in [-0.25, -0.2) is 9.97 Å². The quantitative estimate of drug-likeness (QED) is 0.867. The Morgan fingerprint density at radius 1 is 1.08 bits per heavy atom. The maximum atomic E-state index is 12.2. The molecule has 0 aliphatic carbocycles. The third kappa shape index (κ3) is 3.85. The fraction of sp³-hybridized carbons (Fsp3) is 0.389. The van der Waals surface area contributed by atoms with Crippen LogP contribution in [0.2, 0.25) is 0 Å². The second kappa shape index (κ2) is 7.57. The first kappa shape index (κ1) is 16.6. The van der Waals surface area contributed by atoms with Gasteiger partial charge in [0.15, 0.2) is 11.5 Å². The van der Waals surface area contributed by atoms with Gasteiger partial charge in [-0.2, -0.15) is 0 Å². The Hall–Kier alpha value is -2.87. The highest BCUT2D eigenvalue weighted by molar-refractivity contribution is 5.91. The number of piperazine rings is 1. The second-order valence-corrected chi connectivity index (χ2v) is 6.24. The molecule has 1 fully saturated rings. The fourth-order valence-electron chi connectivity index (χ4n) is 3.08. The van der Waals surface area contributed by atoms with Gasteiger partial charge in [-0.05, 0) is 18.2 Å². The van der Waals surface area contributed by atoms with Crippen molar-refractivity contribution in [3.8, 4) is 11.5 Å². The first-order valence-corrected chi connectivity index (χ1v) is 8.72. The van der Waals surface area contributed by atoms with Crippen molar-refractivity contribution in [2.45, 2.75) is 6.42 Å². The van der Waals surface area contributed by atoms with E-state index in [0.717, 1.165) is 44.4 Å². The van der Waals surface area contributed by atoms with Crippen LogP contribution in [0.3, 0.4) is 0 Å². The summed E-state index contributed by atoms with van der Waals surface area (Å²) in [4.78, 5) is 25.2. The molecule has 8 nitrogen and oxygen atoms in total. The molecule has 2 aliphatic heterocycles. The van der Waals surface area contributed by atoms with Crippen LogP contribution in [0.5, 0.6) is 11.5 Å². The second-order valence-electron chi connectivity index (χ2n) is 6.24. The lowest BCUT2D eigenvalue weighted by Crippen LogP contribution is -2.47. The van der Waals surface area contributed by atoms with E-state index in [1.54, 1.807) is 18.5 Å². The third-order valence-corrected chi connectivity index (χ3v) is 4.52. The summed E-state index contributed by atoms with van der Waals surface area (Å²) < 4.78 is 10.6. The number of nitrogens with zero attached hydrogens (tertiary/aromatic N) is 4. The van der Waals surface area contributed by atoms with E-state index in [2.05, 4.69) is 25.1 Å². The number of carbonyl (C=O) groups is 1. The number of aromatic nitrogens is 2. The molecule has 0 unspecified atom stereocenters. The van der Waals surface area contributed by atoms with Crippen molar-refractivity contribution in [3.05, 3.63) is 36.7 Å². The van der Waals surface area contributed by atoms with Gasteiger partial charge < -0.3 is 19.7 Å². The highest BCUT2D eigenvalue weighted by atomic mass is 16.7. The van der Waals surface area contributed by atoms with E-state index in [1.807, 2.05) is 18.2 Å². The number of hydrogen-bond donors (Lipinski definition) is 1. The lowest BCUT2D eigenvalue weighted by molar-refractivity contribution is -0.116. The molecule has 0 spiro atoms. The van der Waals surface area contributed by atoms with E-state index in [0.29, 0.717) is 17.9 Å². The number of benzene rings is 1. The monoisotopic (exact) mass is 355 g/mol. The van der Waals surface area contributed by atoms with E-state index >= 15 is 0 Å². The van der Waals surface area contributed by atoms with Gasteiger partial charge in [-0.1, -0.05) is 0 Å². The molecular weight excluding hydrogens is 334 g/mol. The molecule has 2 aliphatic rings. The number of nitrogens with one attached hydrogen (secondary N) is 1. The lowest BCUT2D eigenvalue weighted by Gasteiger charge is -2.34. The molecule has 0 bridgehead atoms. The standard InChI is InChI=1S/C18H21N5O3/c24-17(21-14-2-3-15-16(12-14)26-13-25-15)4-7-22-8-10-23(11-9-22)18-19-5-1-6-20-18/h1-3,5-6,12H,4,7-11,13H2,(H,21,24). The average Bonchev–Trinajstić information content (AvgIpc) is 3.15. The van der Waals surface area contributed by atoms with Crippen LogP contribution >= 0.6 is 0 Å². The van der Waals surface area contributed by atoms with Crippen molar-refractivity contribution >= 4 is 17.5 Å². The van der Waals surface area contributed by atoms with E-state index in [4.69, 9.17) is 9.47 Å². The van der Waals surface area contributed by atoms with Gasteiger partial charge in [-0.3, -0.25) is 9.69 Å². The summed E-state index contributed by atoms with van der Waals surface area (Å²) >= 11 is 0. The van der Waals surface area contributed by atoms with Crippen LogP contribution in [0.25, 0.3) is 0 Å². The lowest BCUT2D eigenvalue weighted by atomic mass is 10.2. The Labute approximate surface area is 151 Å². The Kier molecular flexibility index (Phi) is 4.83. The van der Waals surface area contributed by atoms with Crippen molar-refractivity contribution in [1.82, 2.24) is 14.9 Å². The normalized spacial score (nSPS) is 16.5. The smallest absolute Gasteiger partial charge is 0.231 e. The van der Waals surface area contributed by atoms with Crippen molar-refractivity contribution < 1.29 is 14.3 Å². The summed E-state index contributed by atoms with van der Waals surface area (Å²) in [6.45, 7) is 4.50. The maximum absolute atomic E-state index is 12.2. The molecule has 0 atom stereocenters. The van der Waals surface area contributed by atoms with E-state index in [-0.39, 0.29) is 12.7 Å². The van der Waals surface area contributed by atoms with Crippen molar-refractivity contribution in [1.29, 1.82) is 0 Å². The molecule has 0 saturated carbocycles. The van der Waals surface area contributed by atoms with Gasteiger partial charge in [0.05, 0.1) is 0 Å². The third-order valence-electron chi connectivity index (χ3n) is 4.52. The molecule has 4 rings (SSSR count). The topological polar surface area (TPSA) is 79.8 Å². The first-order valence-electron chi connectivity index (χ1n) is 8.72. The number of rotatable bonds is 5. The number of amides is 1. The zero-order valence-corrected chi connectivity index (χ0v) is 14.4. The van der Waals surface area contributed by atoms with Crippen LogP contribution in [0.15, 0.2) is 36.7 Å². The van der Waals surface area contributed by atoms with E-state index in [9.17, 15) is 4.79 Å². The van der Waals surface area contributed by atoms with Gasteiger partial charge >= 0.3 is 0 Å². The van der Waals surface area contributed by atoms with E-state index < -0.39 is 0 Å². The minimum Gasteiger partial charge on any atom is -0.454 e. The summed E-state index contributed by atoms with van der Waals surface area (Å²) in [6, 6.07) is 7.24. The minimum absolute atomic E-state index is 0.00214. The number of fused-ring (bicyclic) bond motifs is 1. The summed E-state index contributed by atoms with van der Waals surface area (Å²) in [6.07, 6.45) is 3.97. The summed E-state index contributed by atoms with van der Waals surface area (Å²) in [5.74, 6) is 2.15. The molecule has 1 N–H and O–H groups in total. The zero-order valence-electron chi connectivity index (χ0n) is 14.4. The summed E-state index contributed by atoms with van der Waals surface area (Å²) in [5.41, 5.74) is 0.727. The number of ether oxygens (including phenoxy) is 2. The first-order chi connectivity index (χ1) is 12.8. The molecule has 136 valence electrons. The summed E-state index contributed by atoms with van der Waals surface area (Å²) in [7, 11) is 0. The van der Waals surface area contributed by atoms with Crippen LogP contribution in [0.1, 0.15) is 6.42 Å². The Bertz CT molecular complexity index is 763. The van der Waals surface area contributed by atoms with Gasteiger partial charge in [0.2, 0.25) is 18.6 Å². The molecule has 26 heavy (non-hydrogen) atoms. The van der Waals surface area contributed by atoms with Crippen molar-refractivity contribution in [2.75, 3.05) is 49.7 Å². The number of carbonyl (C=O) groups excluding carboxylic acids is 1. The van der Waals surface area contributed by atoms with Gasteiger partial charge in [0, 0.05) is 63.3 Å². The van der Waals surface area contributed by atoms with Gasteiger partial charge in [-0.15, -0.1) is 0 Å². The molecule has 2 aromatic rings. The average molecular weight is 355 g/mol. The largest absolute Gasteiger partial charge is 0.454 e. The van der Waals surface area contributed by atoms with Crippen molar-refractivity contribution in [2.24, 2.45) is 0 Å². The molecule has 3 heterocycles. The van der Waals surface area contributed by atoms with Crippen LogP contribution < -0.4 is 19.7 Å². The van der Waals surface area contributed by atoms with Crippen LogP contribution in [0.4, 0.5) is 11.6 Å². The Morgan fingerprint density at radius 2 is 1.85 bits per heavy atom. The Morgan fingerprint density at radius 3 is 2.65 bits per heavy atom. The minimum atomic E-state index is -0.00214. The Balaban J connectivity index is 1.22. The summed E-state index contributed by atoms with van der Waals surface area (Å²) in [5, 5.41) is 2.91. The van der Waals surface area contributed by atoms with Crippen LogP contribution in [-0.2, 0) is 4.79 Å². The molecule has 1 aromatic carbocycles. The molecular formula is C18H21N5O3. The van der Waals surface area contributed by atoms with Gasteiger partial charge in [0.1, 0.15) is 0 Å². The molecule has 0 radical (unpaired) electrons. The highest BCUT2D eigenvalue weighted by Crippen LogP contribution is 2.34. The zero-order chi connectivity index (χ0) is 17.8. The van der Waals surface area contributed by atoms with Crippen LogP contribution in [0, 0.1) is 0 Å². The van der Waals surface area contributed by atoms with Gasteiger partial charge in [0.25, 0.3) is 0 Å². The predicted molar refractivity (Wildman–Crippen MR) is 96.5 cm³/mol. The molecule has 8 heteroatoms. The number of anilines is 2. The number of hydrogen-bond acceptors (Lipinski definition) is 7. The van der Waals surface area contributed by atoms with Crippen molar-refractivity contribution in [3.63, 3.8) is 0 Å².